The van der Waals surface area contributed by atoms with Gasteiger partial charge >= 0.3 is 6.36 Å². The molecule has 8 nitrogen and oxygen atoms in total. The summed E-state index contributed by atoms with van der Waals surface area (Å²) in [5, 5.41) is 33.1. The van der Waals surface area contributed by atoms with Crippen LogP contribution in [0.4, 0.5) is 18.9 Å². The number of benzene rings is 1. The van der Waals surface area contributed by atoms with Gasteiger partial charge < -0.3 is 10.1 Å². The second-order valence-corrected chi connectivity index (χ2v) is 3.92. The number of hydrogen-bond acceptors (Lipinski definition) is 7. The van der Waals surface area contributed by atoms with E-state index in [0.29, 0.717) is 0 Å². The Bertz CT molecular complexity index is 800. The summed E-state index contributed by atoms with van der Waals surface area (Å²) in [5.74, 6) is -0.522. The number of aromatic nitrogens is 4. The molecule has 0 aliphatic carbocycles. The van der Waals surface area contributed by atoms with Crippen molar-refractivity contribution in [1.29, 1.82) is 10.5 Å². The molecule has 0 atom stereocenters. The number of aromatic amines is 1. The first kappa shape index (κ1) is 15.8. The zero-order valence-corrected chi connectivity index (χ0v) is 11.1. The van der Waals surface area contributed by atoms with Gasteiger partial charge in [-0.2, -0.15) is 15.7 Å². The number of ether oxygens (including phenoxy) is 1. The highest BCUT2D eigenvalue weighted by Crippen LogP contribution is 2.27. The van der Waals surface area contributed by atoms with E-state index in [1.165, 1.54) is 0 Å². The number of nitrogens with one attached hydrogen (secondary N) is 2. The molecule has 1 aromatic carbocycles. The summed E-state index contributed by atoms with van der Waals surface area (Å²) in [4.78, 5) is 0. The van der Waals surface area contributed by atoms with E-state index in [4.69, 9.17) is 10.5 Å². The van der Waals surface area contributed by atoms with Crippen molar-refractivity contribution in [2.24, 2.45) is 0 Å². The molecule has 0 saturated carbocycles. The summed E-state index contributed by atoms with van der Waals surface area (Å²) in [6.45, 7) is 0. The molecule has 1 heterocycles. The maximum Gasteiger partial charge on any atom is 0.573 e. The number of tetrazole rings is 1. The number of nitrogens with zero attached hydrogens (tertiary/aromatic N) is 5. The first-order chi connectivity index (χ1) is 10.9. The number of nitriles is 2. The van der Waals surface area contributed by atoms with E-state index < -0.39 is 12.1 Å². The summed E-state index contributed by atoms with van der Waals surface area (Å²) < 4.78 is 40.4. The largest absolute Gasteiger partial charge is 0.573 e. The number of anilines is 1. The summed E-state index contributed by atoms with van der Waals surface area (Å²) in [5.41, 5.74) is 0.0384. The summed E-state index contributed by atoms with van der Waals surface area (Å²) in [6.07, 6.45) is -3.72. The van der Waals surface area contributed by atoms with Crippen LogP contribution in [0.25, 0.3) is 5.57 Å². The zero-order valence-electron chi connectivity index (χ0n) is 11.1. The molecule has 0 aliphatic heterocycles. The molecule has 23 heavy (non-hydrogen) atoms. The molecule has 0 saturated heterocycles. The number of allylic oxidation sites excluding steroid dienone is 1. The minimum Gasteiger partial charge on any atom is -0.406 e. The number of alkyl halides is 3. The molecule has 0 spiro atoms. The van der Waals surface area contributed by atoms with Gasteiger partial charge in [0.1, 0.15) is 23.5 Å². The Kier molecular flexibility index (Phi) is 4.42. The van der Waals surface area contributed by atoms with E-state index in [0.717, 1.165) is 24.4 Å². The molecular weight excluding hydrogens is 315 g/mol. The average molecular weight is 321 g/mol. The van der Waals surface area contributed by atoms with Crippen molar-refractivity contribution >= 4 is 11.3 Å². The molecule has 0 aliphatic rings. The van der Waals surface area contributed by atoms with E-state index in [2.05, 4.69) is 30.7 Å². The zero-order chi connectivity index (χ0) is 16.9. The lowest BCUT2D eigenvalue weighted by molar-refractivity contribution is -0.274. The molecule has 2 rings (SSSR count). The first-order valence-electron chi connectivity index (χ1n) is 5.83. The van der Waals surface area contributed by atoms with Crippen LogP contribution in [0.2, 0.25) is 0 Å². The van der Waals surface area contributed by atoms with Gasteiger partial charge in [0.15, 0.2) is 0 Å². The summed E-state index contributed by atoms with van der Waals surface area (Å²) >= 11 is 0. The van der Waals surface area contributed by atoms with E-state index in [1.54, 1.807) is 12.1 Å². The van der Waals surface area contributed by atoms with Gasteiger partial charge in [-0.3, -0.25) is 0 Å². The van der Waals surface area contributed by atoms with Crippen molar-refractivity contribution < 1.29 is 17.9 Å². The Morgan fingerprint density at radius 1 is 1.35 bits per heavy atom. The van der Waals surface area contributed by atoms with Gasteiger partial charge in [0.2, 0.25) is 5.82 Å². The molecule has 0 bridgehead atoms. The highest BCUT2D eigenvalue weighted by atomic mass is 19.4. The minimum absolute atomic E-state index is 0.0128. The second kappa shape index (κ2) is 6.44. The van der Waals surface area contributed by atoms with E-state index >= 15 is 0 Å². The SMILES string of the molecule is N#CC(=CNc1cc(OC(F)(F)F)ccc1C#N)c1nn[nH]n1. The molecule has 0 fully saturated rings. The van der Waals surface area contributed by atoms with Gasteiger partial charge in [0.05, 0.1) is 11.3 Å². The third-order valence-electron chi connectivity index (χ3n) is 2.42. The van der Waals surface area contributed by atoms with Crippen LogP contribution in [0.15, 0.2) is 24.4 Å². The number of H-pyrrole nitrogens is 1. The van der Waals surface area contributed by atoms with Crippen LogP contribution in [-0.4, -0.2) is 27.0 Å². The average Bonchev–Trinajstić information content (AvgIpc) is 3.01. The molecule has 11 heteroatoms. The fourth-order valence-corrected chi connectivity index (χ4v) is 1.51. The van der Waals surface area contributed by atoms with E-state index in [1.807, 2.05) is 0 Å². The maximum atomic E-state index is 12.2. The van der Waals surface area contributed by atoms with E-state index in [9.17, 15) is 13.2 Å². The topological polar surface area (TPSA) is 123 Å². The third kappa shape index (κ3) is 4.18. The Morgan fingerprint density at radius 3 is 2.70 bits per heavy atom. The standard InChI is InChI=1S/C12H6F3N7O/c13-12(14,15)23-9-2-1-7(4-16)10(3-9)18-6-8(5-17)11-19-21-22-20-11/h1-3,6,18H,(H,19,20,21,22). The summed E-state index contributed by atoms with van der Waals surface area (Å²) in [7, 11) is 0. The summed E-state index contributed by atoms with van der Waals surface area (Å²) in [6, 6.07) is 6.72. The van der Waals surface area contributed by atoms with Gasteiger partial charge in [-0.05, 0) is 17.3 Å². The molecule has 0 radical (unpaired) electrons. The highest BCUT2D eigenvalue weighted by molar-refractivity contribution is 5.75. The van der Waals surface area contributed by atoms with Crippen LogP contribution in [0.5, 0.6) is 5.75 Å². The monoisotopic (exact) mass is 321 g/mol. The second-order valence-electron chi connectivity index (χ2n) is 3.92. The van der Waals surface area contributed by atoms with Gasteiger partial charge in [-0.15, -0.1) is 23.4 Å². The van der Waals surface area contributed by atoms with Gasteiger partial charge in [-0.1, -0.05) is 0 Å². The Balaban J connectivity index is 2.29. The highest BCUT2D eigenvalue weighted by Gasteiger charge is 2.31. The maximum absolute atomic E-state index is 12.2. The number of rotatable bonds is 4. The van der Waals surface area contributed by atoms with Crippen LogP contribution >= 0.6 is 0 Å². The molecule has 0 amide bonds. The van der Waals surface area contributed by atoms with Gasteiger partial charge in [-0.25, -0.2) is 0 Å². The van der Waals surface area contributed by atoms with Crippen molar-refractivity contribution in [2.75, 3.05) is 5.32 Å². The normalized spacial score (nSPS) is 11.4. The van der Waals surface area contributed by atoms with Crippen LogP contribution < -0.4 is 10.1 Å². The van der Waals surface area contributed by atoms with Gasteiger partial charge in [0, 0.05) is 12.3 Å². The lowest BCUT2D eigenvalue weighted by Gasteiger charge is -2.11. The Morgan fingerprint density at radius 2 is 2.13 bits per heavy atom. The fraction of sp³-hybridized carbons (Fsp3) is 0.0833. The molecule has 0 unspecified atom stereocenters. The minimum atomic E-state index is -4.86. The lowest BCUT2D eigenvalue weighted by atomic mass is 10.2. The lowest BCUT2D eigenvalue weighted by Crippen LogP contribution is -2.17. The molecule has 1 aromatic heterocycles. The van der Waals surface area contributed by atoms with Gasteiger partial charge in [0.25, 0.3) is 0 Å². The van der Waals surface area contributed by atoms with Crippen molar-refractivity contribution in [1.82, 2.24) is 20.6 Å². The molecule has 116 valence electrons. The van der Waals surface area contributed by atoms with Crippen LogP contribution in [0.3, 0.4) is 0 Å². The molecule has 2 aromatic rings. The van der Waals surface area contributed by atoms with Crippen molar-refractivity contribution in [3.8, 4) is 17.9 Å². The van der Waals surface area contributed by atoms with Crippen LogP contribution in [0.1, 0.15) is 11.4 Å². The quantitative estimate of drug-likeness (QED) is 0.825. The molecular formula is C12H6F3N7O. The van der Waals surface area contributed by atoms with Crippen LogP contribution in [-0.2, 0) is 0 Å². The van der Waals surface area contributed by atoms with E-state index in [-0.39, 0.29) is 22.6 Å². The van der Waals surface area contributed by atoms with Crippen molar-refractivity contribution in [3.05, 3.63) is 35.8 Å². The number of halogens is 3. The fourth-order valence-electron chi connectivity index (χ4n) is 1.51. The van der Waals surface area contributed by atoms with Crippen molar-refractivity contribution in [2.45, 2.75) is 6.36 Å². The molecule has 2 N–H and O–H groups in total. The predicted octanol–water partition coefficient (Wildman–Crippen LogP) is 1.95. The predicted molar refractivity (Wildman–Crippen MR) is 69.2 cm³/mol. The first-order valence-corrected chi connectivity index (χ1v) is 5.83. The smallest absolute Gasteiger partial charge is 0.406 e. The number of hydrogen-bond donors (Lipinski definition) is 2. The van der Waals surface area contributed by atoms with Crippen molar-refractivity contribution in [3.63, 3.8) is 0 Å². The Labute approximate surface area is 126 Å². The van der Waals surface area contributed by atoms with Crippen LogP contribution in [0, 0.1) is 22.7 Å². The Hall–Kier alpha value is -3.60. The third-order valence-corrected chi connectivity index (χ3v) is 2.42.